The van der Waals surface area contributed by atoms with Gasteiger partial charge < -0.3 is 24.8 Å². The number of methoxy groups -OCH3 is 1. The summed E-state index contributed by atoms with van der Waals surface area (Å²) in [5.41, 5.74) is 1.44. The number of fused-ring (bicyclic) bond motifs is 3. The molecule has 0 unspecified atom stereocenters. The maximum absolute atomic E-state index is 12.3. The summed E-state index contributed by atoms with van der Waals surface area (Å²) >= 11 is 0. The van der Waals surface area contributed by atoms with Crippen LogP contribution in [0.2, 0.25) is 0 Å². The first-order valence-corrected chi connectivity index (χ1v) is 9.31. The Hall–Kier alpha value is -3.88. The van der Waals surface area contributed by atoms with Crippen molar-refractivity contribution >= 4 is 45.7 Å². The average Bonchev–Trinajstić information content (AvgIpc) is 3.19. The van der Waals surface area contributed by atoms with Crippen LogP contribution in [0.3, 0.4) is 0 Å². The highest BCUT2D eigenvalue weighted by Crippen LogP contribution is 2.26. The lowest BCUT2D eigenvalue weighted by Gasteiger charge is -2.05. The molecule has 9 heteroatoms. The number of ether oxygens (including phenoxy) is 2. The fourth-order valence-corrected chi connectivity index (χ4v) is 3.04. The molecule has 0 aliphatic carbocycles. The molecular weight excluding hydrogens is 390 g/mol. The number of hydrogen-bond donors (Lipinski definition) is 3. The van der Waals surface area contributed by atoms with Crippen molar-refractivity contribution in [1.82, 2.24) is 15.3 Å². The van der Waals surface area contributed by atoms with Crippen molar-refractivity contribution in [2.75, 3.05) is 20.3 Å². The lowest BCUT2D eigenvalue weighted by atomic mass is 10.0. The first kappa shape index (κ1) is 20.8. The number of benzene rings is 1. The minimum absolute atomic E-state index is 0.0848. The normalized spacial score (nSPS) is 11.1. The number of amides is 1. The molecule has 0 aliphatic rings. The van der Waals surface area contributed by atoms with Crippen molar-refractivity contribution in [3.63, 3.8) is 0 Å². The van der Waals surface area contributed by atoms with Gasteiger partial charge in [-0.05, 0) is 30.7 Å². The van der Waals surface area contributed by atoms with Crippen LogP contribution in [0.1, 0.15) is 29.3 Å². The van der Waals surface area contributed by atoms with Gasteiger partial charge in [0, 0.05) is 35.1 Å². The van der Waals surface area contributed by atoms with Gasteiger partial charge in [0.05, 0.1) is 25.7 Å². The van der Waals surface area contributed by atoms with Crippen molar-refractivity contribution in [2.45, 2.75) is 13.3 Å². The standard InChI is InChI=1S/C21H21N3O6/c1-3-30-21(28)14-11-23-19-18(14)13-10-12(4-6-15(13)24-20(19)27)5-7-16(25)22-9-8-17(26)29-2/h4-7,10-11,23H,3,8-9H2,1-2H3,(H,22,25)(H,24,27)/b7-5+. The number of H-pyrrole nitrogens is 2. The Balaban J connectivity index is 1.92. The van der Waals surface area contributed by atoms with Crippen LogP contribution < -0.4 is 10.9 Å². The van der Waals surface area contributed by atoms with Crippen LogP contribution in [0.4, 0.5) is 0 Å². The second kappa shape index (κ2) is 9.08. The monoisotopic (exact) mass is 411 g/mol. The summed E-state index contributed by atoms with van der Waals surface area (Å²) in [5.74, 6) is -1.29. The molecule has 156 valence electrons. The van der Waals surface area contributed by atoms with Crippen molar-refractivity contribution in [1.29, 1.82) is 0 Å². The molecular formula is C21H21N3O6. The molecule has 3 aromatic rings. The van der Waals surface area contributed by atoms with Gasteiger partial charge in [-0.2, -0.15) is 0 Å². The lowest BCUT2D eigenvalue weighted by molar-refractivity contribution is -0.140. The Kier molecular flexibility index (Phi) is 6.31. The zero-order valence-electron chi connectivity index (χ0n) is 16.5. The van der Waals surface area contributed by atoms with Gasteiger partial charge in [0.2, 0.25) is 5.91 Å². The molecule has 0 aliphatic heterocycles. The van der Waals surface area contributed by atoms with Gasteiger partial charge in [0.15, 0.2) is 0 Å². The highest BCUT2D eigenvalue weighted by molar-refractivity contribution is 6.15. The third kappa shape index (κ3) is 4.40. The van der Waals surface area contributed by atoms with E-state index in [4.69, 9.17) is 4.74 Å². The summed E-state index contributed by atoms with van der Waals surface area (Å²) < 4.78 is 9.60. The van der Waals surface area contributed by atoms with E-state index in [-0.39, 0.29) is 42.1 Å². The molecule has 2 heterocycles. The topological polar surface area (TPSA) is 130 Å². The number of rotatable bonds is 7. The lowest BCUT2D eigenvalue weighted by Crippen LogP contribution is -2.24. The van der Waals surface area contributed by atoms with Gasteiger partial charge in [-0.25, -0.2) is 4.79 Å². The van der Waals surface area contributed by atoms with Crippen LogP contribution in [0.15, 0.2) is 35.3 Å². The predicted octanol–water partition coefficient (Wildman–Crippen LogP) is 1.88. The van der Waals surface area contributed by atoms with Gasteiger partial charge in [-0.15, -0.1) is 0 Å². The molecule has 0 spiro atoms. The van der Waals surface area contributed by atoms with E-state index in [1.54, 1.807) is 31.2 Å². The minimum atomic E-state index is -0.526. The highest BCUT2D eigenvalue weighted by Gasteiger charge is 2.18. The number of aromatic nitrogens is 2. The minimum Gasteiger partial charge on any atom is -0.469 e. The molecule has 9 nitrogen and oxygen atoms in total. The first-order valence-electron chi connectivity index (χ1n) is 9.31. The zero-order valence-corrected chi connectivity index (χ0v) is 16.5. The molecule has 0 fully saturated rings. The summed E-state index contributed by atoms with van der Waals surface area (Å²) in [4.78, 5) is 53.2. The molecule has 3 N–H and O–H groups in total. The quantitative estimate of drug-likeness (QED) is 0.402. The van der Waals surface area contributed by atoms with E-state index in [1.807, 2.05) is 0 Å². The molecule has 0 radical (unpaired) electrons. The summed E-state index contributed by atoms with van der Waals surface area (Å²) in [6, 6.07) is 5.20. The number of pyridine rings is 1. The van der Waals surface area contributed by atoms with Gasteiger partial charge in [0.1, 0.15) is 5.52 Å². The molecule has 0 atom stereocenters. The van der Waals surface area contributed by atoms with Crippen LogP contribution in [0.5, 0.6) is 0 Å². The predicted molar refractivity (Wildman–Crippen MR) is 111 cm³/mol. The Morgan fingerprint density at radius 3 is 2.77 bits per heavy atom. The summed E-state index contributed by atoms with van der Waals surface area (Å²) in [7, 11) is 1.28. The molecule has 0 saturated carbocycles. The first-order chi connectivity index (χ1) is 14.4. The SMILES string of the molecule is CCOC(=O)c1c[nH]c2c(=O)[nH]c3ccc(/C=C/C(=O)NCCC(=O)OC)cc3c12. The van der Waals surface area contributed by atoms with E-state index < -0.39 is 11.9 Å². The molecule has 1 aromatic carbocycles. The van der Waals surface area contributed by atoms with Crippen molar-refractivity contribution in [2.24, 2.45) is 0 Å². The maximum atomic E-state index is 12.3. The third-order valence-electron chi connectivity index (χ3n) is 4.45. The fourth-order valence-electron chi connectivity index (χ4n) is 3.04. The second-order valence-corrected chi connectivity index (χ2v) is 6.38. The second-order valence-electron chi connectivity index (χ2n) is 6.38. The van der Waals surface area contributed by atoms with Crippen molar-refractivity contribution < 1.29 is 23.9 Å². The highest BCUT2D eigenvalue weighted by atomic mass is 16.5. The van der Waals surface area contributed by atoms with E-state index >= 15 is 0 Å². The van der Waals surface area contributed by atoms with Crippen LogP contribution in [-0.4, -0.2) is 48.1 Å². The van der Waals surface area contributed by atoms with E-state index in [9.17, 15) is 19.2 Å². The van der Waals surface area contributed by atoms with Crippen LogP contribution in [0.25, 0.3) is 27.9 Å². The molecule has 2 aromatic heterocycles. The van der Waals surface area contributed by atoms with Gasteiger partial charge in [-0.3, -0.25) is 14.4 Å². The Bertz CT molecular complexity index is 1200. The van der Waals surface area contributed by atoms with Crippen molar-refractivity contribution in [3.05, 3.63) is 52.0 Å². The molecule has 0 bridgehead atoms. The number of carbonyl (C=O) groups excluding carboxylic acids is 3. The van der Waals surface area contributed by atoms with Gasteiger partial charge >= 0.3 is 11.9 Å². The molecule has 1 amide bonds. The number of aromatic amines is 2. The number of carbonyl (C=O) groups is 3. The van der Waals surface area contributed by atoms with E-state index in [2.05, 4.69) is 20.0 Å². The van der Waals surface area contributed by atoms with E-state index in [0.717, 1.165) is 0 Å². The Morgan fingerprint density at radius 1 is 1.23 bits per heavy atom. The van der Waals surface area contributed by atoms with E-state index in [1.165, 1.54) is 19.4 Å². The number of nitrogens with one attached hydrogen (secondary N) is 3. The Morgan fingerprint density at radius 2 is 2.03 bits per heavy atom. The average molecular weight is 411 g/mol. The fraction of sp³-hybridized carbons (Fsp3) is 0.238. The number of esters is 2. The van der Waals surface area contributed by atoms with Crippen molar-refractivity contribution in [3.8, 4) is 0 Å². The third-order valence-corrected chi connectivity index (χ3v) is 4.45. The summed E-state index contributed by atoms with van der Waals surface area (Å²) in [6.45, 7) is 2.09. The van der Waals surface area contributed by atoms with Crippen LogP contribution >= 0.6 is 0 Å². The van der Waals surface area contributed by atoms with Crippen LogP contribution in [0, 0.1) is 0 Å². The van der Waals surface area contributed by atoms with E-state index in [0.29, 0.717) is 21.9 Å². The van der Waals surface area contributed by atoms with Crippen LogP contribution in [-0.2, 0) is 19.1 Å². The maximum Gasteiger partial charge on any atom is 0.340 e. The zero-order chi connectivity index (χ0) is 21.7. The smallest absolute Gasteiger partial charge is 0.340 e. The Labute approximate surface area is 171 Å². The molecule has 30 heavy (non-hydrogen) atoms. The largest absolute Gasteiger partial charge is 0.469 e. The number of hydrogen-bond acceptors (Lipinski definition) is 6. The molecule has 3 rings (SSSR count). The van der Waals surface area contributed by atoms with Gasteiger partial charge in [0.25, 0.3) is 5.56 Å². The molecule has 0 saturated heterocycles. The summed E-state index contributed by atoms with van der Waals surface area (Å²) in [5, 5.41) is 3.69. The van der Waals surface area contributed by atoms with Gasteiger partial charge in [-0.1, -0.05) is 6.07 Å². The summed E-state index contributed by atoms with van der Waals surface area (Å²) in [6.07, 6.45) is 4.47.